The van der Waals surface area contributed by atoms with Crippen LogP contribution in [0, 0.1) is 38.9 Å². The molecular formula is C21H25N4O2+. The predicted molar refractivity (Wildman–Crippen MR) is 97.7 cm³/mol. The highest BCUT2D eigenvalue weighted by Gasteiger charge is 3.03. The maximum absolute atomic E-state index is 10.3. The molecule has 5 atom stereocenters. The van der Waals surface area contributed by atoms with Gasteiger partial charge in [0.05, 0.1) is 24.8 Å². The van der Waals surface area contributed by atoms with Crippen molar-refractivity contribution in [1.82, 2.24) is 0 Å². The number of hydrogen-bond donors (Lipinski definition) is 2. The first-order chi connectivity index (χ1) is 12.7. The second kappa shape index (κ2) is 5.10. The summed E-state index contributed by atoms with van der Waals surface area (Å²) in [5.41, 5.74) is 4.13. The minimum Gasteiger partial charge on any atom is -0.311 e. The van der Waals surface area contributed by atoms with Crippen LogP contribution in [0.4, 0.5) is 0 Å². The molecule has 1 saturated carbocycles. The fourth-order valence-corrected chi connectivity index (χ4v) is 5.79. The van der Waals surface area contributed by atoms with Crippen molar-refractivity contribution in [2.45, 2.75) is 51.5 Å². The van der Waals surface area contributed by atoms with Gasteiger partial charge in [0.1, 0.15) is 0 Å². The van der Waals surface area contributed by atoms with Crippen molar-refractivity contribution in [3.8, 4) is 12.1 Å². The zero-order valence-electron chi connectivity index (χ0n) is 16.2. The van der Waals surface area contributed by atoms with Crippen LogP contribution in [0.2, 0.25) is 0 Å². The van der Waals surface area contributed by atoms with Crippen molar-refractivity contribution >= 4 is 5.84 Å². The lowest BCUT2D eigenvalue weighted by molar-refractivity contribution is -0.680. The number of hydrogen-bond acceptors (Lipinski definition) is 5. The molecule has 1 saturated heterocycles. The molecule has 0 amide bonds. The highest BCUT2D eigenvalue weighted by molar-refractivity contribution is 5.94. The lowest BCUT2D eigenvalue weighted by Gasteiger charge is -2.33. The van der Waals surface area contributed by atoms with E-state index in [4.69, 9.17) is 15.2 Å². The van der Waals surface area contributed by atoms with Gasteiger partial charge in [0.2, 0.25) is 0 Å². The number of nitriles is 2. The average Bonchev–Trinajstić information content (AvgIpc) is 2.82. The number of benzene rings is 1. The Morgan fingerprint density at radius 1 is 1.26 bits per heavy atom. The van der Waals surface area contributed by atoms with Crippen LogP contribution in [-0.4, -0.2) is 24.5 Å². The molecule has 0 aromatic heterocycles. The van der Waals surface area contributed by atoms with Gasteiger partial charge < -0.3 is 9.47 Å². The molecule has 0 bridgehead atoms. The van der Waals surface area contributed by atoms with E-state index in [1.54, 1.807) is 0 Å². The van der Waals surface area contributed by atoms with Crippen molar-refractivity contribution < 1.29 is 14.5 Å². The molecule has 0 unspecified atom stereocenters. The number of fused-ring (bicyclic) bond motifs is 2. The van der Waals surface area contributed by atoms with Gasteiger partial charge in [-0.2, -0.15) is 10.5 Å². The van der Waals surface area contributed by atoms with E-state index in [9.17, 15) is 10.5 Å². The van der Waals surface area contributed by atoms with Crippen LogP contribution in [0.1, 0.15) is 39.7 Å². The van der Waals surface area contributed by atoms with Crippen LogP contribution in [-0.2, 0) is 14.9 Å². The van der Waals surface area contributed by atoms with E-state index in [1.807, 2.05) is 32.0 Å². The summed E-state index contributed by atoms with van der Waals surface area (Å²) in [5, 5.41) is 20.5. The summed E-state index contributed by atoms with van der Waals surface area (Å²) < 4.78 is 12.0. The van der Waals surface area contributed by atoms with Crippen LogP contribution in [0.3, 0.4) is 0 Å². The molecule has 6 heteroatoms. The van der Waals surface area contributed by atoms with Crippen LogP contribution >= 0.6 is 0 Å². The smallest absolute Gasteiger partial charge is 0.311 e. The van der Waals surface area contributed by atoms with Crippen LogP contribution < -0.4 is 10.7 Å². The molecule has 3 N–H and O–H groups in total. The highest BCUT2D eigenvalue weighted by atomic mass is 16.8. The topological polar surface area (TPSA) is 106 Å². The van der Waals surface area contributed by atoms with E-state index < -0.39 is 22.2 Å². The van der Waals surface area contributed by atoms with Crippen LogP contribution in [0.25, 0.3) is 0 Å². The second-order valence-electron chi connectivity index (χ2n) is 8.88. The van der Waals surface area contributed by atoms with Crippen molar-refractivity contribution in [3.05, 3.63) is 35.9 Å². The standard InChI is InChI=1S/C21H24N4O2/c1-14-10-26-21(27-14)20(13-23)18(4,19(20,12-22)16(24)25-21)11-17(2,3)15-8-6-5-7-9-15/h5-9,14H,10-11H2,1-4H3,(H2,24,25)/p+1/t14-,18-,19-,20+,21+/m0/s1. The third-order valence-electron chi connectivity index (χ3n) is 6.93. The predicted octanol–water partition coefficient (Wildman–Crippen LogP) is 0.935. The molecule has 1 aliphatic carbocycles. The molecule has 27 heavy (non-hydrogen) atoms. The molecular weight excluding hydrogens is 340 g/mol. The van der Waals surface area contributed by atoms with Crippen molar-refractivity contribution in [1.29, 1.82) is 10.5 Å². The van der Waals surface area contributed by atoms with E-state index in [2.05, 4.69) is 43.1 Å². The molecule has 1 aromatic carbocycles. The first-order valence-electron chi connectivity index (χ1n) is 9.27. The molecule has 2 aliphatic heterocycles. The van der Waals surface area contributed by atoms with Crippen molar-refractivity contribution in [2.24, 2.45) is 22.0 Å². The Hall–Kier alpha value is -2.41. The summed E-state index contributed by atoms with van der Waals surface area (Å²) in [6.07, 6.45) is 0.410. The molecule has 4 rings (SSSR count). The van der Waals surface area contributed by atoms with Crippen LogP contribution in [0.5, 0.6) is 0 Å². The number of rotatable bonds is 3. The monoisotopic (exact) mass is 365 g/mol. The highest BCUT2D eigenvalue weighted by Crippen LogP contribution is 2.85. The minimum absolute atomic E-state index is 0.183. The summed E-state index contributed by atoms with van der Waals surface area (Å²) >= 11 is 0. The van der Waals surface area contributed by atoms with Crippen molar-refractivity contribution in [2.75, 3.05) is 6.61 Å². The Morgan fingerprint density at radius 3 is 2.44 bits per heavy atom. The molecule has 0 radical (unpaired) electrons. The number of nitrogens with one attached hydrogen (secondary N) is 1. The fraction of sp³-hybridized carbons (Fsp3) is 0.571. The van der Waals surface area contributed by atoms with E-state index in [1.165, 1.54) is 0 Å². The second-order valence-corrected chi connectivity index (χ2v) is 8.88. The lowest BCUT2D eigenvalue weighted by Crippen LogP contribution is -2.90. The Kier molecular flexibility index (Phi) is 3.39. The summed E-state index contributed by atoms with van der Waals surface area (Å²) in [6, 6.07) is 14.9. The number of ether oxygens (including phenoxy) is 2. The van der Waals surface area contributed by atoms with E-state index in [-0.39, 0.29) is 17.4 Å². The van der Waals surface area contributed by atoms with E-state index >= 15 is 0 Å². The SMILES string of the molecule is C[C@H]1CO[C@@]2([NH+]=C(N)[C@@]3(C#N)[C@](C)(CC(C)(C)c4ccccc4)[C@@]23C#N)O1. The van der Waals surface area contributed by atoms with E-state index in [0.29, 0.717) is 13.0 Å². The van der Waals surface area contributed by atoms with Gasteiger partial charge in [0.25, 0.3) is 5.84 Å². The summed E-state index contributed by atoms with van der Waals surface area (Å²) in [6.45, 7) is 8.47. The first-order valence-corrected chi connectivity index (χ1v) is 9.27. The largest absolute Gasteiger partial charge is 0.343 e. The molecule has 6 nitrogen and oxygen atoms in total. The van der Waals surface area contributed by atoms with Gasteiger partial charge in [0.15, 0.2) is 10.8 Å². The van der Waals surface area contributed by atoms with E-state index in [0.717, 1.165) is 5.56 Å². The molecule has 140 valence electrons. The number of nitrogens with zero attached hydrogens (tertiary/aromatic N) is 2. The molecule has 2 fully saturated rings. The summed E-state index contributed by atoms with van der Waals surface area (Å²) in [4.78, 5) is 3.03. The zero-order chi connectivity index (χ0) is 19.7. The maximum atomic E-state index is 10.3. The molecule has 2 heterocycles. The van der Waals surface area contributed by atoms with Gasteiger partial charge in [-0.05, 0) is 24.3 Å². The number of nitrogens with two attached hydrogens (primary N) is 1. The molecule has 1 aromatic rings. The van der Waals surface area contributed by atoms with Gasteiger partial charge >= 0.3 is 5.91 Å². The van der Waals surface area contributed by atoms with Gasteiger partial charge in [-0.25, -0.2) is 4.99 Å². The zero-order valence-corrected chi connectivity index (χ0v) is 16.2. The Balaban J connectivity index is 1.83. The summed E-state index contributed by atoms with van der Waals surface area (Å²) in [7, 11) is 0. The third kappa shape index (κ3) is 1.74. The van der Waals surface area contributed by atoms with Gasteiger partial charge in [-0.15, -0.1) is 0 Å². The maximum Gasteiger partial charge on any atom is 0.343 e. The van der Waals surface area contributed by atoms with Gasteiger partial charge in [0, 0.05) is 5.41 Å². The quantitative estimate of drug-likeness (QED) is 0.829. The Bertz CT molecular complexity index is 914. The minimum atomic E-state index is -1.37. The third-order valence-corrected chi connectivity index (χ3v) is 6.93. The van der Waals surface area contributed by atoms with Crippen LogP contribution in [0.15, 0.2) is 30.3 Å². The van der Waals surface area contributed by atoms with Gasteiger partial charge in [-0.1, -0.05) is 51.1 Å². The Labute approximate surface area is 159 Å². The lowest BCUT2D eigenvalue weighted by atomic mass is 9.72. The van der Waals surface area contributed by atoms with Gasteiger partial charge in [-0.3, -0.25) is 5.73 Å². The van der Waals surface area contributed by atoms with Crippen molar-refractivity contribution in [3.63, 3.8) is 0 Å². The fourth-order valence-electron chi connectivity index (χ4n) is 5.79. The average molecular weight is 365 g/mol. The normalized spacial score (nSPS) is 42.3. The first kappa shape index (κ1) is 18.0. The molecule has 3 aliphatic rings. The Morgan fingerprint density at radius 2 is 1.93 bits per heavy atom. The molecule has 1 spiro atoms. The summed E-state index contributed by atoms with van der Waals surface area (Å²) in [5.74, 6) is -1.10. The number of amidine groups is 1.